The molecule has 1 N–H and O–H groups in total. The molecule has 0 aromatic rings. The Bertz CT molecular complexity index is 68.5. The molecule has 0 bridgehead atoms. The van der Waals surface area contributed by atoms with Gasteiger partial charge in [0.1, 0.15) is 5.41 Å². The zero-order valence-corrected chi connectivity index (χ0v) is 5.24. The molecule has 0 aromatic heterocycles. The van der Waals surface area contributed by atoms with Gasteiger partial charge in [-0.3, -0.25) is 0 Å². The third-order valence-electron chi connectivity index (χ3n) is 1.56. The van der Waals surface area contributed by atoms with Crippen LogP contribution in [0.1, 0.15) is 12.8 Å². The van der Waals surface area contributed by atoms with Gasteiger partial charge in [0.05, 0.1) is 6.92 Å². The smallest absolute Gasteiger partial charge is 0.118 e. The minimum atomic E-state index is 0.0677. The summed E-state index contributed by atoms with van der Waals surface area (Å²) in [4.78, 5) is 0. The van der Waals surface area contributed by atoms with E-state index in [4.69, 9.17) is 0 Å². The largest absolute Gasteiger partial charge is 0.312 e. The van der Waals surface area contributed by atoms with Gasteiger partial charge in [0, 0.05) is 6.54 Å². The van der Waals surface area contributed by atoms with Crippen molar-refractivity contribution in [3.8, 4) is 0 Å². The molecule has 1 nitrogen and oxygen atoms in total. The van der Waals surface area contributed by atoms with Crippen LogP contribution in [0.15, 0.2) is 0 Å². The maximum Gasteiger partial charge on any atom is 0.118 e. The molecule has 1 heterocycles. The van der Waals surface area contributed by atoms with Crippen LogP contribution in [0.25, 0.3) is 0 Å². The van der Waals surface area contributed by atoms with Gasteiger partial charge in [0.2, 0.25) is 0 Å². The van der Waals surface area contributed by atoms with Crippen molar-refractivity contribution in [2.75, 3.05) is 13.1 Å². The van der Waals surface area contributed by atoms with Crippen molar-refractivity contribution in [2.24, 2.45) is 5.41 Å². The number of hydrogen-bond donors (Lipinski definition) is 1. The van der Waals surface area contributed by atoms with Crippen LogP contribution in [0, 0.1) is 19.3 Å². The lowest BCUT2D eigenvalue weighted by Gasteiger charge is -2.23. The van der Waals surface area contributed by atoms with Gasteiger partial charge < -0.3 is 5.32 Å². The van der Waals surface area contributed by atoms with E-state index >= 15 is 0 Å². The molecule has 1 rings (SSSR count). The highest BCUT2D eigenvalue weighted by Crippen LogP contribution is 2.22. The summed E-state index contributed by atoms with van der Waals surface area (Å²) < 4.78 is 0. The highest BCUT2D eigenvalue weighted by Gasteiger charge is 2.27. The van der Waals surface area contributed by atoms with E-state index in [9.17, 15) is 0 Å². The lowest BCUT2D eigenvalue weighted by atomic mass is 9.85. The number of piperidine rings is 1. The van der Waals surface area contributed by atoms with Crippen molar-refractivity contribution >= 4 is 0 Å². The molecule has 1 radical (unpaired) electrons. The molecule has 0 spiro atoms. The molecule has 1 aliphatic rings. The zero-order valence-electron chi connectivity index (χ0n) is 5.24. The van der Waals surface area contributed by atoms with E-state index in [1.54, 1.807) is 0 Å². The van der Waals surface area contributed by atoms with Crippen LogP contribution in [-0.4, -0.2) is 13.1 Å². The van der Waals surface area contributed by atoms with Crippen molar-refractivity contribution in [1.29, 1.82) is 0 Å². The summed E-state index contributed by atoms with van der Waals surface area (Å²) in [7, 11) is 0. The highest BCUT2D eigenvalue weighted by atomic mass is 14.9. The summed E-state index contributed by atoms with van der Waals surface area (Å²) in [5, 5.41) is 3.25. The number of nitrogens with one attached hydrogen (secondary N) is 1. The van der Waals surface area contributed by atoms with Gasteiger partial charge in [-0.15, -0.1) is 0 Å². The highest BCUT2D eigenvalue weighted by molar-refractivity contribution is 4.89. The summed E-state index contributed by atoms with van der Waals surface area (Å²) in [6.45, 7) is 10.0. The van der Waals surface area contributed by atoms with Crippen LogP contribution in [0.2, 0.25) is 0 Å². The van der Waals surface area contributed by atoms with Crippen LogP contribution in [-0.2, 0) is 0 Å². The predicted octanol–water partition coefficient (Wildman–Crippen LogP) is 1.02. The second-order valence-corrected chi connectivity index (χ2v) is 2.78. The van der Waals surface area contributed by atoms with Gasteiger partial charge in [-0.05, 0) is 26.3 Å². The standard InChI is InChI=1S/C7H13N/c1-7(2)4-3-5-8-6-7/h8H,1-6H2/q+1. The summed E-state index contributed by atoms with van der Waals surface area (Å²) >= 11 is 0. The first kappa shape index (κ1) is 5.96. The van der Waals surface area contributed by atoms with E-state index in [1.807, 2.05) is 0 Å². The minimum Gasteiger partial charge on any atom is -0.312 e. The van der Waals surface area contributed by atoms with Crippen LogP contribution < -0.4 is 5.32 Å². The molecule has 0 saturated carbocycles. The van der Waals surface area contributed by atoms with E-state index in [0.717, 1.165) is 13.1 Å². The first-order valence-corrected chi connectivity index (χ1v) is 3.12. The Morgan fingerprint density at radius 1 is 1.62 bits per heavy atom. The molecule has 45 valence electrons. The lowest BCUT2D eigenvalue weighted by molar-refractivity contribution is 0.340. The normalized spacial score (nSPS) is 39.6. The van der Waals surface area contributed by atoms with Crippen LogP contribution >= 0.6 is 0 Å². The van der Waals surface area contributed by atoms with Crippen molar-refractivity contribution in [1.82, 2.24) is 5.32 Å². The molecule has 1 heteroatoms. The molecule has 0 atom stereocenters. The number of rotatable bonds is 0. The maximum absolute atomic E-state index is 3.96. The summed E-state index contributed by atoms with van der Waals surface area (Å²) in [6, 6.07) is 0. The van der Waals surface area contributed by atoms with Gasteiger partial charge in [-0.1, -0.05) is 0 Å². The quantitative estimate of drug-likeness (QED) is 0.460. The fourth-order valence-corrected chi connectivity index (χ4v) is 1.03. The topological polar surface area (TPSA) is 12.0 Å². The third-order valence-corrected chi connectivity index (χ3v) is 1.56. The van der Waals surface area contributed by atoms with Gasteiger partial charge in [0.25, 0.3) is 0 Å². The number of hydrogen-bond acceptors (Lipinski definition) is 1. The Morgan fingerprint density at radius 3 is 2.62 bits per heavy atom. The molecule has 1 aliphatic heterocycles. The first-order chi connectivity index (χ1) is 3.71. The SMILES string of the molecule is [CH2]C1([CH2+])CCCNC1. The van der Waals surface area contributed by atoms with E-state index in [0.29, 0.717) is 0 Å². The van der Waals surface area contributed by atoms with Gasteiger partial charge >= 0.3 is 0 Å². The minimum absolute atomic E-state index is 0.0677. The Kier molecular flexibility index (Phi) is 1.47. The van der Waals surface area contributed by atoms with E-state index < -0.39 is 0 Å². The molecule has 0 amide bonds. The average molecular weight is 111 g/mol. The Labute approximate surface area is 51.5 Å². The maximum atomic E-state index is 3.96. The van der Waals surface area contributed by atoms with Gasteiger partial charge in [-0.2, -0.15) is 0 Å². The fraction of sp³-hybridized carbons (Fsp3) is 0.714. The average Bonchev–Trinajstić information content (AvgIpc) is 1.65. The fourth-order valence-electron chi connectivity index (χ4n) is 1.03. The van der Waals surface area contributed by atoms with Crippen molar-refractivity contribution < 1.29 is 0 Å². The van der Waals surface area contributed by atoms with Crippen molar-refractivity contribution in [2.45, 2.75) is 12.8 Å². The monoisotopic (exact) mass is 111 g/mol. The van der Waals surface area contributed by atoms with E-state index in [2.05, 4.69) is 19.2 Å². The third kappa shape index (κ3) is 1.41. The molecule has 1 saturated heterocycles. The molecule has 8 heavy (non-hydrogen) atoms. The van der Waals surface area contributed by atoms with Crippen LogP contribution in [0.4, 0.5) is 0 Å². The molecule has 0 unspecified atom stereocenters. The van der Waals surface area contributed by atoms with Crippen LogP contribution in [0.3, 0.4) is 0 Å². The zero-order chi connectivity index (χ0) is 6.04. The van der Waals surface area contributed by atoms with E-state index in [1.165, 1.54) is 12.8 Å². The second kappa shape index (κ2) is 1.98. The first-order valence-electron chi connectivity index (χ1n) is 3.12. The van der Waals surface area contributed by atoms with Gasteiger partial charge in [0.15, 0.2) is 0 Å². The molecule has 0 aliphatic carbocycles. The lowest BCUT2D eigenvalue weighted by Crippen LogP contribution is -2.35. The van der Waals surface area contributed by atoms with Crippen molar-refractivity contribution in [3.63, 3.8) is 0 Å². The Morgan fingerprint density at radius 2 is 2.38 bits per heavy atom. The Balaban J connectivity index is 2.33. The van der Waals surface area contributed by atoms with Crippen LogP contribution in [0.5, 0.6) is 0 Å². The van der Waals surface area contributed by atoms with Crippen molar-refractivity contribution in [3.05, 3.63) is 13.8 Å². The molecule has 0 aromatic carbocycles. The predicted molar refractivity (Wildman–Crippen MR) is 35.3 cm³/mol. The molecular weight excluding hydrogens is 98.1 g/mol. The van der Waals surface area contributed by atoms with E-state index in [-0.39, 0.29) is 5.41 Å². The molecule has 1 fully saturated rings. The summed E-state index contributed by atoms with van der Waals surface area (Å²) in [6.07, 6.45) is 2.40. The van der Waals surface area contributed by atoms with Gasteiger partial charge in [-0.25, -0.2) is 0 Å². The summed E-state index contributed by atoms with van der Waals surface area (Å²) in [5.41, 5.74) is 0.0677. The molecular formula is C7H13N+. The summed E-state index contributed by atoms with van der Waals surface area (Å²) in [5.74, 6) is 0. The Hall–Kier alpha value is -0.170. The second-order valence-electron chi connectivity index (χ2n) is 2.78.